The van der Waals surface area contributed by atoms with Gasteiger partial charge in [0.1, 0.15) is 5.78 Å². The van der Waals surface area contributed by atoms with E-state index in [1.54, 1.807) is 0 Å². The van der Waals surface area contributed by atoms with Gasteiger partial charge in [0.2, 0.25) is 0 Å². The first-order valence-corrected chi connectivity index (χ1v) is 5.29. The molecule has 0 saturated heterocycles. The molecule has 2 rings (SSSR count). The summed E-state index contributed by atoms with van der Waals surface area (Å²) in [6.07, 6.45) is 1.06. The Labute approximate surface area is 85.1 Å². The van der Waals surface area contributed by atoms with Crippen molar-refractivity contribution < 1.29 is 4.79 Å². The lowest BCUT2D eigenvalue weighted by Crippen LogP contribution is -2.09. The summed E-state index contributed by atoms with van der Waals surface area (Å²) >= 11 is 0. The molecular formula is C13H16O. The molecule has 0 spiro atoms. The molecule has 0 radical (unpaired) electrons. The summed E-state index contributed by atoms with van der Waals surface area (Å²) in [5.41, 5.74) is 1.33. The standard InChI is InChI=1S/C13H16O/c1-9(2)13(14)12-8-11(12)10-6-4-3-5-7-10/h3-7,9,11-12H,8H2,1-2H3. The lowest BCUT2D eigenvalue weighted by atomic mass is 10.0. The summed E-state index contributed by atoms with van der Waals surface area (Å²) in [7, 11) is 0. The van der Waals surface area contributed by atoms with Gasteiger partial charge in [-0.25, -0.2) is 0 Å². The van der Waals surface area contributed by atoms with E-state index in [-0.39, 0.29) is 5.92 Å². The Morgan fingerprint density at radius 3 is 2.50 bits per heavy atom. The van der Waals surface area contributed by atoms with E-state index in [4.69, 9.17) is 0 Å². The minimum atomic E-state index is 0.189. The highest BCUT2D eigenvalue weighted by Gasteiger charge is 2.43. The molecule has 2 unspecified atom stereocenters. The van der Waals surface area contributed by atoms with E-state index >= 15 is 0 Å². The van der Waals surface area contributed by atoms with E-state index in [1.807, 2.05) is 32.0 Å². The normalized spacial score (nSPS) is 25.1. The summed E-state index contributed by atoms with van der Waals surface area (Å²) in [5.74, 6) is 1.43. The molecule has 1 heteroatoms. The third-order valence-corrected chi connectivity index (χ3v) is 2.95. The predicted octanol–water partition coefficient (Wildman–Crippen LogP) is 3.02. The van der Waals surface area contributed by atoms with Crippen molar-refractivity contribution in [2.45, 2.75) is 26.2 Å². The molecule has 0 aromatic heterocycles. The van der Waals surface area contributed by atoms with Gasteiger partial charge in [0, 0.05) is 11.8 Å². The third-order valence-electron chi connectivity index (χ3n) is 2.95. The quantitative estimate of drug-likeness (QED) is 0.712. The number of carbonyl (C=O) groups is 1. The maximum Gasteiger partial charge on any atom is 0.139 e. The molecular weight excluding hydrogens is 172 g/mol. The van der Waals surface area contributed by atoms with Crippen LogP contribution in [0, 0.1) is 11.8 Å². The summed E-state index contributed by atoms with van der Waals surface area (Å²) < 4.78 is 0. The SMILES string of the molecule is CC(C)C(=O)C1CC1c1ccccc1. The van der Waals surface area contributed by atoms with E-state index < -0.39 is 0 Å². The smallest absolute Gasteiger partial charge is 0.139 e. The molecule has 0 bridgehead atoms. The van der Waals surface area contributed by atoms with Gasteiger partial charge in [0.05, 0.1) is 0 Å². The van der Waals surface area contributed by atoms with Crippen molar-refractivity contribution in [1.82, 2.24) is 0 Å². The molecule has 2 atom stereocenters. The van der Waals surface area contributed by atoms with Crippen LogP contribution in [0.5, 0.6) is 0 Å². The van der Waals surface area contributed by atoms with Gasteiger partial charge in [0.25, 0.3) is 0 Å². The maximum atomic E-state index is 11.7. The molecule has 0 amide bonds. The summed E-state index contributed by atoms with van der Waals surface area (Å²) in [5, 5.41) is 0. The monoisotopic (exact) mass is 188 g/mol. The molecule has 1 aromatic rings. The van der Waals surface area contributed by atoms with Crippen molar-refractivity contribution in [1.29, 1.82) is 0 Å². The maximum absolute atomic E-state index is 11.7. The van der Waals surface area contributed by atoms with Gasteiger partial charge >= 0.3 is 0 Å². The second-order valence-electron chi connectivity index (χ2n) is 4.42. The Balaban J connectivity index is 2.03. The fraction of sp³-hybridized carbons (Fsp3) is 0.462. The number of ketones is 1. The first kappa shape index (κ1) is 9.45. The first-order valence-electron chi connectivity index (χ1n) is 5.29. The molecule has 1 aliphatic carbocycles. The highest BCUT2D eigenvalue weighted by Crippen LogP contribution is 2.48. The van der Waals surface area contributed by atoms with Crippen LogP contribution in [0.2, 0.25) is 0 Å². The largest absolute Gasteiger partial charge is 0.299 e. The number of hydrogen-bond acceptors (Lipinski definition) is 1. The van der Waals surface area contributed by atoms with E-state index in [0.29, 0.717) is 17.6 Å². The number of hydrogen-bond donors (Lipinski definition) is 0. The van der Waals surface area contributed by atoms with E-state index in [2.05, 4.69) is 12.1 Å². The second-order valence-corrected chi connectivity index (χ2v) is 4.42. The zero-order valence-corrected chi connectivity index (χ0v) is 8.73. The van der Waals surface area contributed by atoms with E-state index in [9.17, 15) is 4.79 Å². The van der Waals surface area contributed by atoms with E-state index in [1.165, 1.54) is 5.56 Å². The van der Waals surface area contributed by atoms with Crippen molar-refractivity contribution in [2.75, 3.05) is 0 Å². The molecule has 0 heterocycles. The predicted molar refractivity (Wildman–Crippen MR) is 57.1 cm³/mol. The number of carbonyl (C=O) groups excluding carboxylic acids is 1. The third kappa shape index (κ3) is 1.72. The van der Waals surface area contributed by atoms with Crippen LogP contribution in [0.15, 0.2) is 30.3 Å². The van der Waals surface area contributed by atoms with Gasteiger partial charge in [-0.15, -0.1) is 0 Å². The molecule has 1 aromatic carbocycles. The molecule has 74 valence electrons. The lowest BCUT2D eigenvalue weighted by Gasteiger charge is -2.02. The Morgan fingerprint density at radius 1 is 1.29 bits per heavy atom. The minimum Gasteiger partial charge on any atom is -0.299 e. The molecule has 0 aliphatic heterocycles. The zero-order chi connectivity index (χ0) is 10.1. The molecule has 1 aliphatic rings. The average Bonchev–Trinajstić information content (AvgIpc) is 2.97. The van der Waals surface area contributed by atoms with Crippen molar-refractivity contribution >= 4 is 5.78 Å². The fourth-order valence-electron chi connectivity index (χ4n) is 2.01. The van der Waals surface area contributed by atoms with Crippen LogP contribution in [0.25, 0.3) is 0 Å². The Kier molecular flexibility index (Phi) is 2.40. The van der Waals surface area contributed by atoms with Gasteiger partial charge in [-0.3, -0.25) is 4.79 Å². The van der Waals surface area contributed by atoms with Gasteiger partial charge in [-0.2, -0.15) is 0 Å². The highest BCUT2D eigenvalue weighted by molar-refractivity contribution is 5.86. The number of rotatable bonds is 3. The zero-order valence-electron chi connectivity index (χ0n) is 8.73. The average molecular weight is 188 g/mol. The van der Waals surface area contributed by atoms with Crippen LogP contribution in [-0.2, 0) is 4.79 Å². The minimum absolute atomic E-state index is 0.189. The fourth-order valence-corrected chi connectivity index (χ4v) is 2.01. The number of benzene rings is 1. The Morgan fingerprint density at radius 2 is 1.93 bits per heavy atom. The first-order chi connectivity index (χ1) is 6.70. The lowest BCUT2D eigenvalue weighted by molar-refractivity contribution is -0.123. The van der Waals surface area contributed by atoms with Crippen LogP contribution in [0.4, 0.5) is 0 Å². The van der Waals surface area contributed by atoms with Crippen LogP contribution in [-0.4, -0.2) is 5.78 Å². The van der Waals surface area contributed by atoms with Crippen molar-refractivity contribution in [3.8, 4) is 0 Å². The summed E-state index contributed by atoms with van der Waals surface area (Å²) in [6, 6.07) is 10.4. The van der Waals surface area contributed by atoms with Gasteiger partial charge < -0.3 is 0 Å². The molecule has 14 heavy (non-hydrogen) atoms. The van der Waals surface area contributed by atoms with Gasteiger partial charge in [0.15, 0.2) is 0 Å². The van der Waals surface area contributed by atoms with Crippen LogP contribution >= 0.6 is 0 Å². The van der Waals surface area contributed by atoms with Crippen molar-refractivity contribution in [3.05, 3.63) is 35.9 Å². The number of Topliss-reactive ketones (excluding diaryl/α,β-unsaturated/α-hetero) is 1. The van der Waals surface area contributed by atoms with Gasteiger partial charge in [-0.1, -0.05) is 44.2 Å². The van der Waals surface area contributed by atoms with Crippen molar-refractivity contribution in [2.24, 2.45) is 11.8 Å². The van der Waals surface area contributed by atoms with Crippen LogP contribution in [0.1, 0.15) is 31.7 Å². The van der Waals surface area contributed by atoms with Crippen molar-refractivity contribution in [3.63, 3.8) is 0 Å². The van der Waals surface area contributed by atoms with Crippen LogP contribution in [0.3, 0.4) is 0 Å². The second kappa shape index (κ2) is 3.56. The summed E-state index contributed by atoms with van der Waals surface area (Å²) in [4.78, 5) is 11.7. The molecule has 1 saturated carbocycles. The Bertz CT molecular complexity index is 326. The topological polar surface area (TPSA) is 17.1 Å². The highest BCUT2D eigenvalue weighted by atomic mass is 16.1. The Hall–Kier alpha value is -1.11. The van der Waals surface area contributed by atoms with Crippen LogP contribution < -0.4 is 0 Å². The van der Waals surface area contributed by atoms with E-state index in [0.717, 1.165) is 6.42 Å². The van der Waals surface area contributed by atoms with Gasteiger partial charge in [-0.05, 0) is 17.9 Å². The molecule has 1 fully saturated rings. The summed E-state index contributed by atoms with van der Waals surface area (Å²) in [6.45, 7) is 3.98. The molecule has 0 N–H and O–H groups in total. The molecule has 1 nitrogen and oxygen atoms in total.